The van der Waals surface area contributed by atoms with Crippen LogP contribution >= 0.6 is 0 Å². The largest absolute Gasteiger partial charge is 0.455 e. The molecule has 0 amide bonds. The van der Waals surface area contributed by atoms with Crippen LogP contribution in [-0.4, -0.2) is 43.1 Å². The molecule has 0 rings (SSSR count). The summed E-state index contributed by atoms with van der Waals surface area (Å²) in [5.41, 5.74) is 0. The van der Waals surface area contributed by atoms with E-state index in [1.807, 2.05) is 0 Å². The van der Waals surface area contributed by atoms with Gasteiger partial charge < -0.3 is 13.6 Å². The lowest BCUT2D eigenvalue weighted by Gasteiger charge is -2.34. The topological polar surface area (TPSA) is 27.7 Å². The highest BCUT2D eigenvalue weighted by Gasteiger charge is 2.32. The fourth-order valence-corrected chi connectivity index (χ4v) is 11.2. The van der Waals surface area contributed by atoms with Crippen molar-refractivity contribution in [1.82, 2.24) is 0 Å². The molecule has 21 heavy (non-hydrogen) atoms. The third-order valence-electron chi connectivity index (χ3n) is 3.16. The van der Waals surface area contributed by atoms with Gasteiger partial charge in [-0.05, 0) is 51.1 Å². The van der Waals surface area contributed by atoms with Crippen LogP contribution in [0.4, 0.5) is 0 Å². The van der Waals surface area contributed by atoms with E-state index >= 15 is 0 Å². The highest BCUT2D eigenvalue weighted by Crippen LogP contribution is 2.23. The molecule has 3 nitrogen and oxygen atoms in total. The van der Waals surface area contributed by atoms with E-state index in [9.17, 15) is 0 Å². The molecule has 0 saturated carbocycles. The Balaban J connectivity index is 3.92. The monoisotopic (exact) mass is 330 g/mol. The summed E-state index contributed by atoms with van der Waals surface area (Å²) in [6.45, 7) is 19.5. The van der Waals surface area contributed by atoms with Crippen molar-refractivity contribution in [2.45, 2.75) is 51.1 Å². The Bertz CT molecular complexity index is 263. The smallest absolute Gasteiger partial charge is 0.173 e. The molecule has 0 saturated heterocycles. The van der Waals surface area contributed by atoms with Crippen molar-refractivity contribution in [1.29, 1.82) is 0 Å². The lowest BCUT2D eigenvalue weighted by atomic mass is 10.5. The average Bonchev–Trinajstić information content (AvgIpc) is 2.36. The Labute approximate surface area is 133 Å². The SMILES string of the molecule is C=CCOCCC[Si](C)(C)O[Si](C)(C)CCCOCC=C. The molecule has 5 heteroatoms. The van der Waals surface area contributed by atoms with Gasteiger partial charge in [0.1, 0.15) is 0 Å². The molecule has 0 N–H and O–H groups in total. The third-order valence-corrected chi connectivity index (χ3v) is 10.7. The van der Waals surface area contributed by atoms with E-state index in [-0.39, 0.29) is 0 Å². The average molecular weight is 331 g/mol. The summed E-state index contributed by atoms with van der Waals surface area (Å²) in [5.74, 6) is 0. The third kappa shape index (κ3) is 13.2. The molecule has 124 valence electrons. The van der Waals surface area contributed by atoms with Crippen molar-refractivity contribution in [3.63, 3.8) is 0 Å². The van der Waals surface area contributed by atoms with Gasteiger partial charge in [0.05, 0.1) is 13.2 Å². The van der Waals surface area contributed by atoms with E-state index in [2.05, 4.69) is 39.3 Å². The summed E-state index contributed by atoms with van der Waals surface area (Å²) in [5, 5.41) is 0. The second kappa shape index (κ2) is 11.4. The van der Waals surface area contributed by atoms with Crippen LogP contribution in [0, 0.1) is 0 Å². The van der Waals surface area contributed by atoms with Crippen molar-refractivity contribution >= 4 is 16.6 Å². The summed E-state index contributed by atoms with van der Waals surface area (Å²) in [6.07, 6.45) is 5.76. The van der Waals surface area contributed by atoms with Gasteiger partial charge in [0.25, 0.3) is 0 Å². The Morgan fingerprint density at radius 3 is 1.48 bits per heavy atom. The minimum absolute atomic E-state index is 0.647. The van der Waals surface area contributed by atoms with Crippen LogP contribution < -0.4 is 0 Å². The maximum Gasteiger partial charge on any atom is 0.173 e. The van der Waals surface area contributed by atoms with E-state index in [0.717, 1.165) is 38.1 Å². The normalized spacial score (nSPS) is 12.4. The molecule has 0 aliphatic heterocycles. The van der Waals surface area contributed by atoms with Crippen LogP contribution in [0.5, 0.6) is 0 Å². The van der Waals surface area contributed by atoms with Gasteiger partial charge in [-0.15, -0.1) is 13.2 Å². The van der Waals surface area contributed by atoms with Crippen LogP contribution in [0.15, 0.2) is 25.3 Å². The highest BCUT2D eigenvalue weighted by atomic mass is 28.4. The van der Waals surface area contributed by atoms with Crippen molar-refractivity contribution < 1.29 is 13.6 Å². The van der Waals surface area contributed by atoms with Crippen LogP contribution in [-0.2, 0) is 13.6 Å². The summed E-state index contributed by atoms with van der Waals surface area (Å²) in [7, 11) is -3.15. The molecule has 0 aromatic carbocycles. The molecule has 0 heterocycles. The van der Waals surface area contributed by atoms with Gasteiger partial charge in [0.15, 0.2) is 16.6 Å². The van der Waals surface area contributed by atoms with Gasteiger partial charge in [-0.3, -0.25) is 0 Å². The number of ether oxygens (including phenoxy) is 2. The van der Waals surface area contributed by atoms with Crippen molar-refractivity contribution in [3.8, 4) is 0 Å². The van der Waals surface area contributed by atoms with Gasteiger partial charge in [0.2, 0.25) is 0 Å². The van der Waals surface area contributed by atoms with Gasteiger partial charge in [-0.1, -0.05) is 12.2 Å². The molecule has 0 aromatic heterocycles. The van der Waals surface area contributed by atoms with Crippen molar-refractivity contribution in [2.24, 2.45) is 0 Å². The molecule has 0 fully saturated rings. The fraction of sp³-hybridized carbons (Fsp3) is 0.750. The molecule has 0 spiro atoms. The van der Waals surface area contributed by atoms with Crippen LogP contribution in [0.2, 0.25) is 38.3 Å². The summed E-state index contributed by atoms with van der Waals surface area (Å²) >= 11 is 0. The number of rotatable bonds is 14. The lowest BCUT2D eigenvalue weighted by Crippen LogP contribution is -2.44. The minimum atomic E-state index is -1.58. The Hall–Kier alpha value is -0.206. The van der Waals surface area contributed by atoms with Gasteiger partial charge in [-0.25, -0.2) is 0 Å². The molecule has 0 atom stereocenters. The first-order valence-corrected chi connectivity index (χ1v) is 14.1. The second-order valence-corrected chi connectivity index (χ2v) is 15.4. The molecular weight excluding hydrogens is 296 g/mol. The summed E-state index contributed by atoms with van der Waals surface area (Å²) < 4.78 is 17.5. The minimum Gasteiger partial charge on any atom is -0.455 e. The molecule has 0 aliphatic rings. The first-order valence-electron chi connectivity index (χ1n) is 7.90. The van der Waals surface area contributed by atoms with Gasteiger partial charge >= 0.3 is 0 Å². The zero-order chi connectivity index (χ0) is 16.2. The molecule has 0 aromatic rings. The summed E-state index contributed by atoms with van der Waals surface area (Å²) in [6, 6.07) is 2.32. The predicted octanol–water partition coefficient (Wildman–Crippen LogP) is 4.60. The number of hydrogen-bond acceptors (Lipinski definition) is 3. The zero-order valence-electron chi connectivity index (χ0n) is 14.5. The standard InChI is InChI=1S/C16H34O3Si2/c1-7-11-17-13-9-15-20(3,4)19-21(5,6)16-10-14-18-12-8-2/h7-8H,1-2,9-16H2,3-6H3. The van der Waals surface area contributed by atoms with Crippen molar-refractivity contribution in [3.05, 3.63) is 25.3 Å². The first-order chi connectivity index (χ1) is 9.83. The maximum absolute atomic E-state index is 6.56. The van der Waals surface area contributed by atoms with E-state index in [1.54, 1.807) is 12.2 Å². The molecule has 0 aliphatic carbocycles. The highest BCUT2D eigenvalue weighted by molar-refractivity contribution is 6.84. The molecule has 0 radical (unpaired) electrons. The second-order valence-electron chi connectivity index (χ2n) is 6.56. The van der Waals surface area contributed by atoms with E-state index < -0.39 is 16.6 Å². The van der Waals surface area contributed by atoms with Crippen molar-refractivity contribution in [2.75, 3.05) is 26.4 Å². The van der Waals surface area contributed by atoms with Gasteiger partial charge in [-0.2, -0.15) is 0 Å². The van der Waals surface area contributed by atoms with Crippen LogP contribution in [0.25, 0.3) is 0 Å². The Morgan fingerprint density at radius 1 is 0.762 bits per heavy atom. The van der Waals surface area contributed by atoms with Gasteiger partial charge in [0, 0.05) is 13.2 Å². The maximum atomic E-state index is 6.56. The lowest BCUT2D eigenvalue weighted by molar-refractivity contribution is 0.161. The fourth-order valence-electron chi connectivity index (χ4n) is 2.38. The first kappa shape index (κ1) is 20.8. The Kier molecular flexibility index (Phi) is 11.3. The molecular formula is C16H34O3Si2. The van der Waals surface area contributed by atoms with E-state index in [4.69, 9.17) is 13.6 Å². The Morgan fingerprint density at radius 2 is 1.14 bits per heavy atom. The zero-order valence-corrected chi connectivity index (χ0v) is 16.5. The quantitative estimate of drug-likeness (QED) is 0.265. The number of hydrogen-bond donors (Lipinski definition) is 0. The van der Waals surface area contributed by atoms with Crippen LogP contribution in [0.1, 0.15) is 12.8 Å². The molecule has 0 unspecified atom stereocenters. The molecule has 0 bridgehead atoms. The van der Waals surface area contributed by atoms with E-state index in [0.29, 0.717) is 13.2 Å². The van der Waals surface area contributed by atoms with E-state index in [1.165, 1.54) is 0 Å². The summed E-state index contributed by atoms with van der Waals surface area (Å²) in [4.78, 5) is 0. The predicted molar refractivity (Wildman–Crippen MR) is 96.9 cm³/mol. The van der Waals surface area contributed by atoms with Crippen LogP contribution in [0.3, 0.4) is 0 Å².